The highest BCUT2D eigenvalue weighted by atomic mass is 16.2. The second-order valence-corrected chi connectivity index (χ2v) is 7.10. The van der Waals surface area contributed by atoms with Crippen molar-refractivity contribution < 1.29 is 9.59 Å². The fourth-order valence-corrected chi connectivity index (χ4v) is 2.75. The zero-order valence-corrected chi connectivity index (χ0v) is 17.0. The first-order valence-corrected chi connectivity index (χ1v) is 9.56. The van der Waals surface area contributed by atoms with Crippen LogP contribution in [0.5, 0.6) is 0 Å². The summed E-state index contributed by atoms with van der Waals surface area (Å²) in [5, 5.41) is 9.37. The maximum atomic E-state index is 12.3. The highest BCUT2D eigenvalue weighted by Crippen LogP contribution is 2.16. The van der Waals surface area contributed by atoms with E-state index in [9.17, 15) is 14.4 Å². The fraction of sp³-hybridized carbons (Fsp3) is 0.368. The van der Waals surface area contributed by atoms with Gasteiger partial charge in [0.05, 0.1) is 17.7 Å². The average molecular weight is 412 g/mol. The lowest BCUT2D eigenvalue weighted by Crippen LogP contribution is -2.36. The van der Waals surface area contributed by atoms with Crippen LogP contribution in [0, 0.1) is 6.92 Å². The molecule has 0 bridgehead atoms. The van der Waals surface area contributed by atoms with Gasteiger partial charge in [-0.2, -0.15) is 9.78 Å². The van der Waals surface area contributed by atoms with E-state index in [0.717, 1.165) is 0 Å². The predicted octanol–water partition coefficient (Wildman–Crippen LogP) is 0.729. The van der Waals surface area contributed by atoms with E-state index in [1.165, 1.54) is 10.7 Å². The zero-order valence-electron chi connectivity index (χ0n) is 17.0. The summed E-state index contributed by atoms with van der Waals surface area (Å²) >= 11 is 0. The normalized spacial score (nSPS) is 10.9. The molecule has 0 unspecified atom stereocenters. The van der Waals surface area contributed by atoms with E-state index in [2.05, 4.69) is 30.7 Å². The van der Waals surface area contributed by atoms with E-state index >= 15 is 0 Å². The SMILES string of the molecule is Cc1cc(NC(=O)C(=O)NCCCn2ccnc2)n(-c2nc(C(C)C)cc(=O)[nH]2)n1. The summed E-state index contributed by atoms with van der Waals surface area (Å²) in [7, 11) is 0. The number of amides is 2. The van der Waals surface area contributed by atoms with Crippen LogP contribution >= 0.6 is 0 Å². The minimum atomic E-state index is -0.832. The molecule has 3 heterocycles. The maximum absolute atomic E-state index is 12.3. The van der Waals surface area contributed by atoms with Crippen molar-refractivity contribution in [3.05, 3.63) is 52.6 Å². The van der Waals surface area contributed by atoms with E-state index in [0.29, 0.717) is 30.9 Å². The molecule has 158 valence electrons. The number of rotatable bonds is 7. The van der Waals surface area contributed by atoms with E-state index in [4.69, 9.17) is 0 Å². The van der Waals surface area contributed by atoms with Crippen LogP contribution in [0.1, 0.15) is 37.6 Å². The lowest BCUT2D eigenvalue weighted by atomic mass is 10.1. The van der Waals surface area contributed by atoms with Crippen LogP contribution < -0.4 is 16.2 Å². The van der Waals surface area contributed by atoms with Gasteiger partial charge >= 0.3 is 11.8 Å². The molecule has 3 rings (SSSR count). The summed E-state index contributed by atoms with van der Waals surface area (Å²) in [5.41, 5.74) is 0.850. The number of anilines is 1. The Bertz CT molecular complexity index is 1080. The average Bonchev–Trinajstić information content (AvgIpc) is 3.34. The van der Waals surface area contributed by atoms with Crippen molar-refractivity contribution in [2.24, 2.45) is 0 Å². The first kappa shape index (κ1) is 21.0. The third-order valence-corrected chi connectivity index (χ3v) is 4.26. The summed E-state index contributed by atoms with van der Waals surface area (Å²) in [6, 6.07) is 3.01. The third kappa shape index (κ3) is 5.19. The van der Waals surface area contributed by atoms with Gasteiger partial charge in [0.25, 0.3) is 5.56 Å². The first-order valence-electron chi connectivity index (χ1n) is 9.56. The number of nitrogens with zero attached hydrogens (tertiary/aromatic N) is 5. The van der Waals surface area contributed by atoms with Gasteiger partial charge in [0.15, 0.2) is 0 Å². The van der Waals surface area contributed by atoms with Crippen molar-refractivity contribution in [2.45, 2.75) is 39.7 Å². The Morgan fingerprint density at radius 2 is 2.03 bits per heavy atom. The standard InChI is InChI=1S/C19H24N8O3/c1-12(2)14-10-16(28)24-19(22-14)27-15(9-13(3)25-27)23-18(30)17(29)21-5-4-7-26-8-6-20-11-26/h6,8-12H,4-5,7H2,1-3H3,(H,21,29)(H,23,30)(H,22,24,28). The molecule has 2 amide bonds. The Morgan fingerprint density at radius 3 is 2.73 bits per heavy atom. The number of hydrogen-bond acceptors (Lipinski definition) is 6. The summed E-state index contributed by atoms with van der Waals surface area (Å²) in [6.07, 6.45) is 5.84. The molecule has 0 saturated carbocycles. The Balaban J connectivity index is 1.66. The summed E-state index contributed by atoms with van der Waals surface area (Å²) < 4.78 is 3.18. The molecule has 0 radical (unpaired) electrons. The van der Waals surface area contributed by atoms with Crippen LogP contribution in [0.15, 0.2) is 35.6 Å². The largest absolute Gasteiger partial charge is 0.348 e. The van der Waals surface area contributed by atoms with Crippen molar-refractivity contribution in [1.82, 2.24) is 34.6 Å². The van der Waals surface area contributed by atoms with E-state index in [1.54, 1.807) is 25.5 Å². The van der Waals surface area contributed by atoms with Gasteiger partial charge in [-0.3, -0.25) is 19.4 Å². The predicted molar refractivity (Wildman–Crippen MR) is 109 cm³/mol. The molecule has 0 saturated heterocycles. The van der Waals surface area contributed by atoms with E-state index in [1.807, 2.05) is 24.6 Å². The van der Waals surface area contributed by atoms with Gasteiger partial charge in [0.2, 0.25) is 5.95 Å². The van der Waals surface area contributed by atoms with Crippen LogP contribution in [0.3, 0.4) is 0 Å². The van der Waals surface area contributed by atoms with Crippen LogP contribution in [-0.2, 0) is 16.1 Å². The molecule has 3 aromatic rings. The van der Waals surface area contributed by atoms with Crippen molar-refractivity contribution in [2.75, 3.05) is 11.9 Å². The van der Waals surface area contributed by atoms with E-state index < -0.39 is 11.8 Å². The van der Waals surface area contributed by atoms with Gasteiger partial charge < -0.3 is 15.2 Å². The number of aryl methyl sites for hydroxylation is 2. The van der Waals surface area contributed by atoms with Crippen molar-refractivity contribution in [1.29, 1.82) is 0 Å². The molecule has 0 aromatic carbocycles. The van der Waals surface area contributed by atoms with E-state index in [-0.39, 0.29) is 23.2 Å². The topological polar surface area (TPSA) is 140 Å². The summed E-state index contributed by atoms with van der Waals surface area (Å²) in [4.78, 5) is 47.3. The second-order valence-electron chi connectivity index (χ2n) is 7.10. The molecule has 0 aliphatic rings. The summed E-state index contributed by atoms with van der Waals surface area (Å²) in [6.45, 7) is 6.58. The molecule has 0 aliphatic carbocycles. The quantitative estimate of drug-likeness (QED) is 0.386. The van der Waals surface area contributed by atoms with Gasteiger partial charge in [0.1, 0.15) is 5.82 Å². The van der Waals surface area contributed by atoms with Crippen LogP contribution in [0.2, 0.25) is 0 Å². The number of carbonyl (C=O) groups excluding carboxylic acids is 2. The van der Waals surface area contributed by atoms with Gasteiger partial charge in [0, 0.05) is 37.6 Å². The Hall–Kier alpha value is -3.76. The van der Waals surface area contributed by atoms with Gasteiger partial charge in [-0.1, -0.05) is 13.8 Å². The molecular formula is C19H24N8O3. The van der Waals surface area contributed by atoms with Crippen molar-refractivity contribution in [3.63, 3.8) is 0 Å². The molecule has 0 fully saturated rings. The molecule has 3 aromatic heterocycles. The molecule has 0 spiro atoms. The van der Waals surface area contributed by atoms with Crippen molar-refractivity contribution >= 4 is 17.6 Å². The number of aromatic amines is 1. The number of nitrogens with one attached hydrogen (secondary N) is 3. The van der Waals surface area contributed by atoms with Gasteiger partial charge in [-0.15, -0.1) is 0 Å². The Labute approximate surface area is 172 Å². The molecule has 11 heteroatoms. The summed E-state index contributed by atoms with van der Waals surface area (Å²) in [5.74, 6) is -1.16. The van der Waals surface area contributed by atoms with Gasteiger partial charge in [-0.05, 0) is 19.3 Å². The fourth-order valence-electron chi connectivity index (χ4n) is 2.75. The molecule has 0 atom stereocenters. The zero-order chi connectivity index (χ0) is 21.7. The highest BCUT2D eigenvalue weighted by molar-refractivity contribution is 6.39. The molecule has 3 N–H and O–H groups in total. The molecule has 30 heavy (non-hydrogen) atoms. The molecule has 11 nitrogen and oxygen atoms in total. The minimum Gasteiger partial charge on any atom is -0.348 e. The lowest BCUT2D eigenvalue weighted by Gasteiger charge is -2.10. The number of carbonyl (C=O) groups is 2. The number of imidazole rings is 1. The van der Waals surface area contributed by atoms with Gasteiger partial charge in [-0.25, -0.2) is 9.97 Å². The van der Waals surface area contributed by atoms with Crippen LogP contribution in [0.25, 0.3) is 5.95 Å². The highest BCUT2D eigenvalue weighted by Gasteiger charge is 2.18. The second kappa shape index (κ2) is 9.16. The third-order valence-electron chi connectivity index (χ3n) is 4.26. The number of aromatic nitrogens is 6. The van der Waals surface area contributed by atoms with Crippen LogP contribution in [-0.4, -0.2) is 47.7 Å². The molecule has 0 aliphatic heterocycles. The number of H-pyrrole nitrogens is 1. The number of hydrogen-bond donors (Lipinski definition) is 3. The minimum absolute atomic E-state index is 0.0360. The monoisotopic (exact) mass is 412 g/mol. The van der Waals surface area contributed by atoms with Crippen LogP contribution in [0.4, 0.5) is 5.82 Å². The Kier molecular flexibility index (Phi) is 6.40. The molecular weight excluding hydrogens is 388 g/mol. The Morgan fingerprint density at radius 1 is 1.23 bits per heavy atom. The maximum Gasteiger partial charge on any atom is 0.314 e. The lowest BCUT2D eigenvalue weighted by molar-refractivity contribution is -0.136. The smallest absolute Gasteiger partial charge is 0.314 e. The first-order chi connectivity index (χ1) is 14.3. The van der Waals surface area contributed by atoms with Crippen molar-refractivity contribution in [3.8, 4) is 5.95 Å².